The quantitative estimate of drug-likeness (QED) is 0.764. The molecule has 1 aliphatic rings. The van der Waals surface area contributed by atoms with Crippen LogP contribution in [0, 0.1) is 5.41 Å². The first-order valence-corrected chi connectivity index (χ1v) is 6.43. The summed E-state index contributed by atoms with van der Waals surface area (Å²) in [4.78, 5) is 11.9. The van der Waals surface area contributed by atoms with Crippen LogP contribution in [-0.4, -0.2) is 5.97 Å². The minimum Gasteiger partial charge on any atom is -0.447 e. The van der Waals surface area contributed by atoms with Crippen LogP contribution in [0.5, 0.6) is 0 Å². The molecule has 19 heavy (non-hydrogen) atoms. The average Bonchev–Trinajstić information content (AvgIpc) is 2.46. The fourth-order valence-electron chi connectivity index (χ4n) is 2.84. The largest absolute Gasteiger partial charge is 0.447 e. The number of hydrogen-bond acceptors (Lipinski definition) is 2. The highest BCUT2D eigenvalue weighted by atomic mass is 16.6. The van der Waals surface area contributed by atoms with Crippen LogP contribution in [0.15, 0.2) is 60.7 Å². The predicted molar refractivity (Wildman–Crippen MR) is 73.5 cm³/mol. The van der Waals surface area contributed by atoms with Gasteiger partial charge in [0.1, 0.15) is 5.41 Å². The Kier molecular flexibility index (Phi) is 2.49. The number of carbonyl (C=O) groups is 1. The van der Waals surface area contributed by atoms with Crippen LogP contribution in [0.2, 0.25) is 0 Å². The molecule has 96 valence electrons. The van der Waals surface area contributed by atoms with E-state index in [2.05, 4.69) is 0 Å². The number of benzene rings is 2. The maximum atomic E-state index is 11.9. The van der Waals surface area contributed by atoms with Crippen molar-refractivity contribution in [2.24, 2.45) is 5.41 Å². The van der Waals surface area contributed by atoms with Crippen molar-refractivity contribution < 1.29 is 9.53 Å². The average molecular weight is 252 g/mol. The van der Waals surface area contributed by atoms with Gasteiger partial charge in [0.05, 0.1) is 0 Å². The molecule has 1 aliphatic heterocycles. The maximum Gasteiger partial charge on any atom is 0.317 e. The topological polar surface area (TPSA) is 26.3 Å². The van der Waals surface area contributed by atoms with Gasteiger partial charge in [-0.1, -0.05) is 60.7 Å². The van der Waals surface area contributed by atoms with Crippen molar-refractivity contribution in [3.63, 3.8) is 0 Å². The van der Waals surface area contributed by atoms with Gasteiger partial charge in [0.15, 0.2) is 5.60 Å². The fraction of sp³-hybridized carbons (Fsp3) is 0.235. The van der Waals surface area contributed by atoms with Crippen LogP contribution in [0.25, 0.3) is 0 Å². The maximum absolute atomic E-state index is 11.9. The third kappa shape index (κ3) is 1.46. The second-order valence-corrected chi connectivity index (χ2v) is 5.43. The Bertz CT molecular complexity index is 560. The van der Waals surface area contributed by atoms with E-state index in [9.17, 15) is 4.79 Å². The highest BCUT2D eigenvalue weighted by Crippen LogP contribution is 2.56. The zero-order chi connectivity index (χ0) is 13.5. The Balaban J connectivity index is 2.22. The third-order valence-corrected chi connectivity index (χ3v) is 4.00. The van der Waals surface area contributed by atoms with E-state index in [1.54, 1.807) is 0 Å². The summed E-state index contributed by atoms with van der Waals surface area (Å²) in [6.07, 6.45) is 0. The number of hydrogen-bond donors (Lipinski definition) is 0. The molecule has 2 heteroatoms. The molecule has 2 nitrogen and oxygen atoms in total. The summed E-state index contributed by atoms with van der Waals surface area (Å²) < 4.78 is 5.68. The Morgan fingerprint density at radius 1 is 0.789 bits per heavy atom. The van der Waals surface area contributed by atoms with Gasteiger partial charge in [-0.25, -0.2) is 0 Å². The molecule has 0 aromatic heterocycles. The van der Waals surface area contributed by atoms with Crippen molar-refractivity contribution >= 4 is 5.97 Å². The van der Waals surface area contributed by atoms with Crippen molar-refractivity contribution in [2.75, 3.05) is 0 Å². The second-order valence-electron chi connectivity index (χ2n) is 5.43. The molecule has 0 spiro atoms. The van der Waals surface area contributed by atoms with Crippen LogP contribution < -0.4 is 0 Å². The fourth-order valence-corrected chi connectivity index (χ4v) is 2.84. The van der Waals surface area contributed by atoms with Crippen LogP contribution >= 0.6 is 0 Å². The van der Waals surface area contributed by atoms with Gasteiger partial charge >= 0.3 is 5.97 Å². The molecule has 0 bridgehead atoms. The van der Waals surface area contributed by atoms with Gasteiger partial charge in [0, 0.05) is 11.1 Å². The van der Waals surface area contributed by atoms with Crippen molar-refractivity contribution in [1.29, 1.82) is 0 Å². The van der Waals surface area contributed by atoms with Crippen molar-refractivity contribution in [1.82, 2.24) is 0 Å². The highest BCUT2D eigenvalue weighted by molar-refractivity contribution is 5.86. The van der Waals surface area contributed by atoms with Gasteiger partial charge in [0.25, 0.3) is 0 Å². The lowest BCUT2D eigenvalue weighted by Crippen LogP contribution is -2.62. The van der Waals surface area contributed by atoms with Crippen molar-refractivity contribution in [3.8, 4) is 0 Å². The first kappa shape index (κ1) is 12.0. The zero-order valence-corrected chi connectivity index (χ0v) is 11.1. The predicted octanol–water partition coefficient (Wildman–Crippen LogP) is 3.51. The van der Waals surface area contributed by atoms with E-state index in [-0.39, 0.29) is 5.97 Å². The number of carbonyl (C=O) groups excluding carboxylic acids is 1. The number of ether oxygens (including phenoxy) is 1. The molecule has 1 heterocycles. The zero-order valence-electron chi connectivity index (χ0n) is 11.1. The molecular weight excluding hydrogens is 236 g/mol. The minimum absolute atomic E-state index is 0.153. The molecule has 1 fully saturated rings. The first-order chi connectivity index (χ1) is 9.09. The monoisotopic (exact) mass is 252 g/mol. The van der Waals surface area contributed by atoms with Crippen LogP contribution in [0.4, 0.5) is 0 Å². The molecule has 0 amide bonds. The van der Waals surface area contributed by atoms with E-state index < -0.39 is 11.0 Å². The summed E-state index contributed by atoms with van der Waals surface area (Å²) in [6, 6.07) is 19.9. The van der Waals surface area contributed by atoms with E-state index in [1.807, 2.05) is 74.5 Å². The molecule has 3 rings (SSSR count). The van der Waals surface area contributed by atoms with Crippen LogP contribution in [-0.2, 0) is 15.1 Å². The van der Waals surface area contributed by atoms with Crippen molar-refractivity contribution in [2.45, 2.75) is 19.4 Å². The van der Waals surface area contributed by atoms with E-state index in [4.69, 9.17) is 4.74 Å². The van der Waals surface area contributed by atoms with Gasteiger partial charge in [-0.2, -0.15) is 0 Å². The summed E-state index contributed by atoms with van der Waals surface area (Å²) in [5.41, 5.74) is 0.805. The highest BCUT2D eigenvalue weighted by Gasteiger charge is 2.65. The molecule has 0 aliphatic carbocycles. The number of esters is 1. The van der Waals surface area contributed by atoms with Crippen LogP contribution in [0.1, 0.15) is 25.0 Å². The molecule has 0 saturated carbocycles. The molecule has 0 atom stereocenters. The third-order valence-electron chi connectivity index (χ3n) is 4.00. The summed E-state index contributed by atoms with van der Waals surface area (Å²) in [5.74, 6) is -0.153. The molecule has 2 aromatic rings. The Morgan fingerprint density at radius 3 is 1.53 bits per heavy atom. The Hall–Kier alpha value is -2.09. The number of cyclic esters (lactones) is 1. The lowest BCUT2D eigenvalue weighted by atomic mass is 9.63. The van der Waals surface area contributed by atoms with Gasteiger partial charge in [0.2, 0.25) is 0 Å². The summed E-state index contributed by atoms with van der Waals surface area (Å²) in [6.45, 7) is 3.89. The minimum atomic E-state index is -0.674. The number of rotatable bonds is 2. The normalized spacial score (nSPS) is 19.4. The molecule has 0 radical (unpaired) electrons. The van der Waals surface area contributed by atoms with E-state index in [0.717, 1.165) is 11.1 Å². The molecule has 0 N–H and O–H groups in total. The van der Waals surface area contributed by atoms with Gasteiger partial charge in [-0.3, -0.25) is 4.79 Å². The molecule has 1 saturated heterocycles. The van der Waals surface area contributed by atoms with Crippen LogP contribution in [0.3, 0.4) is 0 Å². The molecular formula is C17H16O2. The Labute approximate surface area is 113 Å². The summed E-state index contributed by atoms with van der Waals surface area (Å²) >= 11 is 0. The summed E-state index contributed by atoms with van der Waals surface area (Å²) in [7, 11) is 0. The SMILES string of the molecule is CC1(C)C(=O)OC1(c1ccccc1)c1ccccc1. The van der Waals surface area contributed by atoms with E-state index >= 15 is 0 Å². The smallest absolute Gasteiger partial charge is 0.317 e. The second kappa shape index (κ2) is 3.95. The Morgan fingerprint density at radius 2 is 1.21 bits per heavy atom. The van der Waals surface area contributed by atoms with Gasteiger partial charge in [-0.15, -0.1) is 0 Å². The lowest BCUT2D eigenvalue weighted by molar-refractivity contribution is -0.227. The van der Waals surface area contributed by atoms with Gasteiger partial charge < -0.3 is 4.74 Å². The van der Waals surface area contributed by atoms with E-state index in [1.165, 1.54) is 0 Å². The summed E-state index contributed by atoms with van der Waals surface area (Å²) in [5, 5.41) is 0. The molecule has 2 aromatic carbocycles. The van der Waals surface area contributed by atoms with E-state index in [0.29, 0.717) is 0 Å². The molecule has 0 unspecified atom stereocenters. The standard InChI is InChI=1S/C17H16O2/c1-16(2)15(18)19-17(16,13-9-5-3-6-10-13)14-11-7-4-8-12-14/h3-12H,1-2H3. The van der Waals surface area contributed by atoms with Gasteiger partial charge in [-0.05, 0) is 13.8 Å². The van der Waals surface area contributed by atoms with Crippen molar-refractivity contribution in [3.05, 3.63) is 71.8 Å². The first-order valence-electron chi connectivity index (χ1n) is 6.43. The lowest BCUT2D eigenvalue weighted by Gasteiger charge is -2.53.